The fourth-order valence-electron chi connectivity index (χ4n) is 2.23. The maximum Gasteiger partial charge on any atom is 0.156 e. The van der Waals surface area contributed by atoms with Gasteiger partial charge in [-0.15, -0.1) is 0 Å². The number of amidine groups is 1. The number of benzene rings is 1. The Morgan fingerprint density at radius 2 is 2.05 bits per heavy atom. The number of nitrogens with one attached hydrogen (secondary N) is 1. The van der Waals surface area contributed by atoms with Crippen LogP contribution in [0.1, 0.15) is 33.6 Å². The maximum absolute atomic E-state index is 5.67. The van der Waals surface area contributed by atoms with Crippen molar-refractivity contribution in [2.45, 2.75) is 39.7 Å². The normalized spacial score (nSPS) is 21.1. The molecule has 2 rings (SSSR count). The first kappa shape index (κ1) is 16.2. The molecule has 3 nitrogen and oxygen atoms in total. The first-order valence-electron chi connectivity index (χ1n) is 7.67. The van der Waals surface area contributed by atoms with Gasteiger partial charge in [-0.05, 0) is 24.0 Å². The van der Waals surface area contributed by atoms with Gasteiger partial charge in [-0.25, -0.2) is 0 Å². The molecular weight excluding hydrogens is 280 g/mol. The number of rotatable bonds is 5. The Morgan fingerprint density at radius 3 is 2.76 bits per heavy atom. The molecule has 0 aliphatic carbocycles. The second kappa shape index (κ2) is 7.74. The van der Waals surface area contributed by atoms with Crippen LogP contribution in [0.5, 0.6) is 5.75 Å². The van der Waals surface area contributed by atoms with Gasteiger partial charge in [0.2, 0.25) is 0 Å². The molecule has 0 bridgehead atoms. The third kappa shape index (κ3) is 5.62. The molecule has 0 spiro atoms. The van der Waals surface area contributed by atoms with Crippen LogP contribution in [0.15, 0.2) is 35.3 Å². The fraction of sp³-hybridized carbons (Fsp3) is 0.588. The van der Waals surface area contributed by atoms with Crippen LogP contribution in [-0.4, -0.2) is 30.1 Å². The summed E-state index contributed by atoms with van der Waals surface area (Å²) in [6.45, 7) is 8.39. The minimum absolute atomic E-state index is 0.290. The van der Waals surface area contributed by atoms with Gasteiger partial charge in [0, 0.05) is 24.8 Å². The molecule has 0 saturated carbocycles. The van der Waals surface area contributed by atoms with Crippen molar-refractivity contribution in [1.82, 2.24) is 5.32 Å². The molecule has 1 atom stereocenters. The Balaban J connectivity index is 1.69. The van der Waals surface area contributed by atoms with Gasteiger partial charge in [0.05, 0.1) is 6.61 Å². The van der Waals surface area contributed by atoms with E-state index in [2.05, 4.69) is 31.1 Å². The highest BCUT2D eigenvalue weighted by Crippen LogP contribution is 2.27. The molecule has 1 N–H and O–H groups in total. The molecule has 0 radical (unpaired) electrons. The fourth-order valence-corrected chi connectivity index (χ4v) is 3.18. The van der Waals surface area contributed by atoms with Gasteiger partial charge < -0.3 is 10.1 Å². The molecule has 0 amide bonds. The molecule has 1 unspecified atom stereocenters. The predicted molar refractivity (Wildman–Crippen MR) is 92.3 cm³/mol. The number of para-hydroxylation sites is 1. The van der Waals surface area contributed by atoms with E-state index in [1.807, 2.05) is 42.1 Å². The van der Waals surface area contributed by atoms with Gasteiger partial charge in [0.1, 0.15) is 5.75 Å². The van der Waals surface area contributed by atoms with Gasteiger partial charge in [0.25, 0.3) is 0 Å². The Labute approximate surface area is 132 Å². The Morgan fingerprint density at radius 1 is 1.29 bits per heavy atom. The van der Waals surface area contributed by atoms with Crippen molar-refractivity contribution < 1.29 is 4.74 Å². The van der Waals surface area contributed by atoms with E-state index in [4.69, 9.17) is 4.74 Å². The van der Waals surface area contributed by atoms with Crippen LogP contribution >= 0.6 is 11.8 Å². The van der Waals surface area contributed by atoms with E-state index >= 15 is 0 Å². The molecule has 1 heterocycles. The smallest absolute Gasteiger partial charge is 0.156 e. The average molecular weight is 306 g/mol. The van der Waals surface area contributed by atoms with E-state index in [0.717, 1.165) is 29.6 Å². The summed E-state index contributed by atoms with van der Waals surface area (Å²) in [5.74, 6) is 2.09. The number of hydrogen-bond acceptors (Lipinski definition) is 3. The van der Waals surface area contributed by atoms with Gasteiger partial charge in [0.15, 0.2) is 5.17 Å². The van der Waals surface area contributed by atoms with Crippen molar-refractivity contribution in [2.75, 3.05) is 18.9 Å². The number of thioether (sulfide) groups is 1. The maximum atomic E-state index is 5.67. The van der Waals surface area contributed by atoms with Gasteiger partial charge >= 0.3 is 0 Å². The van der Waals surface area contributed by atoms with Crippen LogP contribution in [0.3, 0.4) is 0 Å². The quantitative estimate of drug-likeness (QED) is 0.836. The first-order valence-corrected chi connectivity index (χ1v) is 8.66. The molecule has 116 valence electrons. The lowest BCUT2D eigenvalue weighted by molar-refractivity contribution is 0.289. The standard InChI is InChI=1S/C17H26N2OS/c1-17(2,3)15-10-13-21-16(19-15)18-11-7-12-20-14-8-5-4-6-9-14/h4-6,8-9,15H,7,10-13H2,1-3H3,(H,18,19). The summed E-state index contributed by atoms with van der Waals surface area (Å²) in [5, 5.41) is 4.67. The van der Waals surface area contributed by atoms with Crippen LogP contribution in [0.2, 0.25) is 0 Å². The Kier molecular flexibility index (Phi) is 5.97. The summed E-state index contributed by atoms with van der Waals surface area (Å²) >= 11 is 1.84. The predicted octanol–water partition coefficient (Wildman–Crippen LogP) is 3.95. The summed E-state index contributed by atoms with van der Waals surface area (Å²) in [4.78, 5) is 4.67. The molecule has 4 heteroatoms. The van der Waals surface area contributed by atoms with Crippen molar-refractivity contribution in [3.8, 4) is 5.75 Å². The van der Waals surface area contributed by atoms with E-state index in [9.17, 15) is 0 Å². The number of ether oxygens (including phenoxy) is 1. The lowest BCUT2D eigenvalue weighted by Gasteiger charge is -2.35. The highest BCUT2D eigenvalue weighted by Gasteiger charge is 2.28. The third-order valence-corrected chi connectivity index (χ3v) is 4.52. The summed E-state index contributed by atoms with van der Waals surface area (Å²) in [6.07, 6.45) is 2.16. The van der Waals surface area contributed by atoms with Crippen molar-refractivity contribution in [2.24, 2.45) is 10.4 Å². The molecule has 1 aliphatic rings. The largest absolute Gasteiger partial charge is 0.494 e. The third-order valence-electron chi connectivity index (χ3n) is 3.56. The molecule has 1 fully saturated rings. The molecule has 1 saturated heterocycles. The second-order valence-corrected chi connectivity index (χ2v) is 7.49. The first-order chi connectivity index (χ1) is 10.1. The Bertz CT molecular complexity index is 454. The molecule has 1 aromatic carbocycles. The minimum Gasteiger partial charge on any atom is -0.494 e. The SMILES string of the molecule is CC(C)(C)C1CCSC(=NCCCOc2ccccc2)N1. The van der Waals surface area contributed by atoms with Crippen LogP contribution in [0, 0.1) is 5.41 Å². The van der Waals surface area contributed by atoms with E-state index in [0.29, 0.717) is 12.6 Å². The molecule has 0 aromatic heterocycles. The molecule has 1 aromatic rings. The second-order valence-electron chi connectivity index (χ2n) is 6.40. The van der Waals surface area contributed by atoms with Crippen molar-refractivity contribution in [3.05, 3.63) is 30.3 Å². The van der Waals surface area contributed by atoms with E-state index < -0.39 is 0 Å². The topological polar surface area (TPSA) is 33.6 Å². The lowest BCUT2D eigenvalue weighted by Crippen LogP contribution is -2.46. The average Bonchev–Trinajstić information content (AvgIpc) is 2.47. The molecule has 21 heavy (non-hydrogen) atoms. The summed E-state index contributed by atoms with van der Waals surface area (Å²) in [6, 6.07) is 10.5. The monoisotopic (exact) mass is 306 g/mol. The lowest BCUT2D eigenvalue weighted by atomic mass is 9.85. The summed E-state index contributed by atoms with van der Waals surface area (Å²) < 4.78 is 5.67. The zero-order valence-corrected chi connectivity index (χ0v) is 14.1. The Hall–Kier alpha value is -1.16. The van der Waals surface area contributed by atoms with Gasteiger partial charge in [-0.3, -0.25) is 4.99 Å². The molecule has 1 aliphatic heterocycles. The number of nitrogens with zero attached hydrogens (tertiary/aromatic N) is 1. The minimum atomic E-state index is 0.290. The molecular formula is C17H26N2OS. The van der Waals surface area contributed by atoms with Gasteiger partial charge in [-0.2, -0.15) is 0 Å². The summed E-state index contributed by atoms with van der Waals surface area (Å²) in [5.41, 5.74) is 0.290. The van der Waals surface area contributed by atoms with Crippen LogP contribution in [0.25, 0.3) is 0 Å². The van der Waals surface area contributed by atoms with Crippen LogP contribution < -0.4 is 10.1 Å². The van der Waals surface area contributed by atoms with Gasteiger partial charge in [-0.1, -0.05) is 50.7 Å². The van der Waals surface area contributed by atoms with E-state index in [-0.39, 0.29) is 5.41 Å². The zero-order valence-electron chi connectivity index (χ0n) is 13.3. The van der Waals surface area contributed by atoms with Crippen molar-refractivity contribution >= 4 is 16.9 Å². The van der Waals surface area contributed by atoms with Crippen LogP contribution in [-0.2, 0) is 0 Å². The zero-order chi connectivity index (χ0) is 15.1. The highest BCUT2D eigenvalue weighted by atomic mass is 32.2. The van der Waals surface area contributed by atoms with Crippen molar-refractivity contribution in [3.63, 3.8) is 0 Å². The number of aliphatic imine (C=N–C) groups is 1. The van der Waals surface area contributed by atoms with Crippen molar-refractivity contribution in [1.29, 1.82) is 0 Å². The number of hydrogen-bond donors (Lipinski definition) is 1. The highest BCUT2D eigenvalue weighted by molar-refractivity contribution is 8.13. The summed E-state index contributed by atoms with van der Waals surface area (Å²) in [7, 11) is 0. The van der Waals surface area contributed by atoms with E-state index in [1.54, 1.807) is 0 Å². The van der Waals surface area contributed by atoms with Crippen LogP contribution in [0.4, 0.5) is 0 Å². The van der Waals surface area contributed by atoms with E-state index in [1.165, 1.54) is 6.42 Å².